The number of ether oxygens (including phenoxy) is 1. The van der Waals surface area contributed by atoms with Gasteiger partial charge in [-0.15, -0.1) is 0 Å². The number of nitro groups is 1. The first kappa shape index (κ1) is 28.3. The van der Waals surface area contributed by atoms with Crippen LogP contribution in [-0.2, 0) is 9.53 Å². The minimum absolute atomic E-state index is 0.00223. The zero-order valence-electron chi connectivity index (χ0n) is 21.7. The second-order valence-corrected chi connectivity index (χ2v) is 9.30. The largest absolute Gasteiger partial charge is 0.462 e. The van der Waals surface area contributed by atoms with Crippen molar-refractivity contribution in [1.29, 1.82) is 0 Å². The van der Waals surface area contributed by atoms with Crippen LogP contribution in [0.25, 0.3) is 6.08 Å². The predicted octanol–water partition coefficient (Wildman–Crippen LogP) is 5.04. The maximum Gasteiger partial charge on any atom is 0.338 e. The number of carbonyl (C=O) groups is 3. The van der Waals surface area contributed by atoms with E-state index < -0.39 is 16.8 Å². The van der Waals surface area contributed by atoms with E-state index in [2.05, 4.69) is 5.32 Å². The molecule has 1 aliphatic rings. The number of nitrogens with zero attached hydrogens (tertiary/aromatic N) is 3. The quantitative estimate of drug-likeness (QED) is 0.177. The molecule has 11 heteroatoms. The SMILES string of the molecule is CCOC(=O)c1ccc(N2CCN(C(=O)c3ccccc3)CC2)c(NC(=O)/C=C/c2ccc(Cl)c([N+](=O)[O-])c2)c1. The molecule has 0 aliphatic carbocycles. The summed E-state index contributed by atoms with van der Waals surface area (Å²) < 4.78 is 5.11. The lowest BCUT2D eigenvalue weighted by Crippen LogP contribution is -2.49. The van der Waals surface area contributed by atoms with Crippen LogP contribution in [0.5, 0.6) is 0 Å². The van der Waals surface area contributed by atoms with Crippen LogP contribution in [0, 0.1) is 10.1 Å². The Balaban J connectivity index is 1.52. The topological polar surface area (TPSA) is 122 Å². The summed E-state index contributed by atoms with van der Waals surface area (Å²) in [7, 11) is 0. The van der Waals surface area contributed by atoms with Gasteiger partial charge in [-0.2, -0.15) is 0 Å². The highest BCUT2D eigenvalue weighted by Crippen LogP contribution is 2.30. The molecule has 3 aromatic rings. The van der Waals surface area contributed by atoms with E-state index in [0.717, 1.165) is 0 Å². The lowest BCUT2D eigenvalue weighted by molar-refractivity contribution is -0.384. The van der Waals surface area contributed by atoms with Gasteiger partial charge in [-0.05, 0) is 55.0 Å². The molecule has 1 heterocycles. The van der Waals surface area contributed by atoms with Crippen LogP contribution in [0.15, 0.2) is 72.8 Å². The van der Waals surface area contributed by atoms with E-state index in [1.165, 1.54) is 24.3 Å². The van der Waals surface area contributed by atoms with Gasteiger partial charge in [0.2, 0.25) is 5.91 Å². The molecule has 0 saturated carbocycles. The van der Waals surface area contributed by atoms with E-state index in [9.17, 15) is 24.5 Å². The molecule has 1 N–H and O–H groups in total. The number of esters is 1. The second-order valence-electron chi connectivity index (χ2n) is 8.89. The third-order valence-corrected chi connectivity index (χ3v) is 6.61. The number of amides is 2. The Morgan fingerprint density at radius 3 is 2.40 bits per heavy atom. The van der Waals surface area contributed by atoms with Crippen molar-refractivity contribution in [3.8, 4) is 0 Å². The highest BCUT2D eigenvalue weighted by atomic mass is 35.5. The van der Waals surface area contributed by atoms with Crippen LogP contribution in [0.4, 0.5) is 17.1 Å². The number of anilines is 2. The number of piperazine rings is 1. The molecule has 0 spiro atoms. The van der Waals surface area contributed by atoms with E-state index in [4.69, 9.17) is 16.3 Å². The molecule has 4 rings (SSSR count). The Morgan fingerprint density at radius 2 is 1.73 bits per heavy atom. The summed E-state index contributed by atoms with van der Waals surface area (Å²) in [6.07, 6.45) is 2.67. The minimum Gasteiger partial charge on any atom is -0.462 e. The molecule has 0 bridgehead atoms. The van der Waals surface area contributed by atoms with Crippen molar-refractivity contribution in [2.24, 2.45) is 0 Å². The summed E-state index contributed by atoms with van der Waals surface area (Å²) in [5, 5.41) is 14.0. The molecule has 2 amide bonds. The summed E-state index contributed by atoms with van der Waals surface area (Å²) in [6, 6.07) is 18.2. The van der Waals surface area contributed by atoms with E-state index in [1.807, 2.05) is 23.1 Å². The van der Waals surface area contributed by atoms with Crippen LogP contribution in [0.3, 0.4) is 0 Å². The van der Waals surface area contributed by atoms with Crippen molar-refractivity contribution < 1.29 is 24.0 Å². The highest BCUT2D eigenvalue weighted by Gasteiger charge is 2.24. The molecule has 206 valence electrons. The van der Waals surface area contributed by atoms with Crippen molar-refractivity contribution in [1.82, 2.24) is 4.90 Å². The third kappa shape index (κ3) is 6.83. The number of carbonyl (C=O) groups excluding carboxylic acids is 3. The molecule has 0 unspecified atom stereocenters. The van der Waals surface area contributed by atoms with Gasteiger partial charge in [0.25, 0.3) is 11.6 Å². The maximum absolute atomic E-state index is 12.9. The molecule has 10 nitrogen and oxygen atoms in total. The van der Waals surface area contributed by atoms with Crippen molar-refractivity contribution in [2.45, 2.75) is 6.92 Å². The van der Waals surface area contributed by atoms with Gasteiger partial charge in [0.1, 0.15) is 5.02 Å². The average Bonchev–Trinajstić information content (AvgIpc) is 2.97. The fraction of sp³-hybridized carbons (Fsp3) is 0.207. The normalized spacial score (nSPS) is 13.2. The van der Waals surface area contributed by atoms with Gasteiger partial charge in [0, 0.05) is 43.9 Å². The predicted molar refractivity (Wildman–Crippen MR) is 153 cm³/mol. The Labute approximate surface area is 235 Å². The monoisotopic (exact) mass is 562 g/mol. The molecule has 1 fully saturated rings. The second kappa shape index (κ2) is 12.9. The Morgan fingerprint density at radius 1 is 1.00 bits per heavy atom. The van der Waals surface area contributed by atoms with Gasteiger partial charge in [-0.25, -0.2) is 4.79 Å². The molecular weight excluding hydrogens is 536 g/mol. The Bertz CT molecular complexity index is 1450. The van der Waals surface area contributed by atoms with E-state index in [1.54, 1.807) is 48.2 Å². The molecule has 40 heavy (non-hydrogen) atoms. The van der Waals surface area contributed by atoms with Gasteiger partial charge in [0.15, 0.2) is 0 Å². The van der Waals surface area contributed by atoms with Crippen molar-refractivity contribution >= 4 is 52.5 Å². The third-order valence-electron chi connectivity index (χ3n) is 6.29. The summed E-state index contributed by atoms with van der Waals surface area (Å²) in [4.78, 5) is 52.5. The minimum atomic E-state index is -0.597. The number of nitro benzene ring substituents is 1. The van der Waals surface area contributed by atoms with Gasteiger partial charge in [-0.1, -0.05) is 35.9 Å². The summed E-state index contributed by atoms with van der Waals surface area (Å²) >= 11 is 5.86. The molecular formula is C29H27ClN4O6. The number of rotatable bonds is 8. The first-order valence-corrected chi connectivity index (χ1v) is 13.0. The first-order chi connectivity index (χ1) is 19.3. The van der Waals surface area contributed by atoms with Crippen LogP contribution in [0.2, 0.25) is 5.02 Å². The van der Waals surface area contributed by atoms with Gasteiger partial charge >= 0.3 is 5.97 Å². The summed E-state index contributed by atoms with van der Waals surface area (Å²) in [6.45, 7) is 3.91. The Hall–Kier alpha value is -4.70. The molecule has 0 atom stereocenters. The van der Waals surface area contributed by atoms with Gasteiger partial charge < -0.3 is 19.9 Å². The number of hydrogen-bond donors (Lipinski definition) is 1. The number of benzene rings is 3. The molecule has 0 aromatic heterocycles. The standard InChI is InChI=1S/C29H27ClN4O6/c1-2-40-29(37)22-10-12-25(32-14-16-33(17-15-32)28(36)21-6-4-3-5-7-21)24(19-22)31-27(35)13-9-20-8-11-23(30)26(18-20)34(38)39/h3-13,18-19H,2,14-17H2,1H3,(H,31,35)/b13-9+. The van der Waals surface area contributed by atoms with Crippen molar-refractivity contribution in [2.75, 3.05) is 43.0 Å². The van der Waals surface area contributed by atoms with Crippen LogP contribution in [0.1, 0.15) is 33.2 Å². The van der Waals surface area contributed by atoms with Crippen molar-refractivity contribution in [3.05, 3.63) is 105 Å². The van der Waals surface area contributed by atoms with Crippen molar-refractivity contribution in [3.63, 3.8) is 0 Å². The average molecular weight is 563 g/mol. The molecule has 1 saturated heterocycles. The fourth-order valence-corrected chi connectivity index (χ4v) is 4.47. The molecule has 0 radical (unpaired) electrons. The molecule has 3 aromatic carbocycles. The lowest BCUT2D eigenvalue weighted by atomic mass is 10.1. The zero-order chi connectivity index (χ0) is 28.6. The van der Waals surface area contributed by atoms with E-state index >= 15 is 0 Å². The first-order valence-electron chi connectivity index (χ1n) is 12.6. The maximum atomic E-state index is 12.9. The number of nitrogens with one attached hydrogen (secondary N) is 1. The number of hydrogen-bond acceptors (Lipinski definition) is 7. The smallest absolute Gasteiger partial charge is 0.338 e. The van der Waals surface area contributed by atoms with E-state index in [0.29, 0.717) is 48.7 Å². The zero-order valence-corrected chi connectivity index (χ0v) is 22.5. The Kier molecular flexibility index (Phi) is 9.13. The lowest BCUT2D eigenvalue weighted by Gasteiger charge is -2.37. The summed E-state index contributed by atoms with van der Waals surface area (Å²) in [5.41, 5.74) is 2.13. The van der Waals surface area contributed by atoms with Crippen LogP contribution < -0.4 is 10.2 Å². The fourth-order valence-electron chi connectivity index (χ4n) is 4.29. The van der Waals surface area contributed by atoms with Crippen LogP contribution in [-0.4, -0.2) is 60.4 Å². The highest BCUT2D eigenvalue weighted by molar-refractivity contribution is 6.32. The van der Waals surface area contributed by atoms with Gasteiger partial charge in [0.05, 0.1) is 28.5 Å². The molecule has 1 aliphatic heterocycles. The van der Waals surface area contributed by atoms with Gasteiger partial charge in [-0.3, -0.25) is 19.7 Å². The summed E-state index contributed by atoms with van der Waals surface area (Å²) in [5.74, 6) is -1.07. The van der Waals surface area contributed by atoms with Crippen LogP contribution >= 0.6 is 11.6 Å². The number of halogens is 1. The van der Waals surface area contributed by atoms with E-state index in [-0.39, 0.29) is 28.8 Å².